The molecule has 1 amide bonds. The molecule has 0 aromatic heterocycles. The molecule has 0 saturated heterocycles. The molecule has 16 heavy (non-hydrogen) atoms. The zero-order valence-corrected chi connectivity index (χ0v) is 9.69. The molecular weight excluding hydrogens is 204 g/mol. The molecule has 1 rings (SSSR count). The molecule has 88 valence electrons. The van der Waals surface area contributed by atoms with E-state index in [1.807, 2.05) is 19.1 Å². The van der Waals surface area contributed by atoms with Crippen molar-refractivity contribution in [2.45, 2.75) is 25.8 Å². The van der Waals surface area contributed by atoms with Crippen molar-refractivity contribution in [3.63, 3.8) is 0 Å². The van der Waals surface area contributed by atoms with Crippen LogP contribution in [-0.4, -0.2) is 19.1 Å². The van der Waals surface area contributed by atoms with Gasteiger partial charge in [0.1, 0.15) is 5.75 Å². The van der Waals surface area contributed by atoms with E-state index in [1.165, 1.54) is 0 Å². The van der Waals surface area contributed by atoms with Crippen molar-refractivity contribution in [1.29, 1.82) is 0 Å². The van der Waals surface area contributed by atoms with Gasteiger partial charge in [-0.05, 0) is 18.6 Å². The number of nitrogens with one attached hydrogen (secondary N) is 1. The molecule has 1 aromatic rings. The molecule has 0 bridgehead atoms. The number of hydrogen-bond donors (Lipinski definition) is 2. The summed E-state index contributed by atoms with van der Waals surface area (Å²) in [6.07, 6.45) is 1.59. The Hall–Kier alpha value is -1.55. The average molecular weight is 222 g/mol. The largest absolute Gasteiger partial charge is 0.497 e. The van der Waals surface area contributed by atoms with Crippen molar-refractivity contribution in [1.82, 2.24) is 0 Å². The molecule has 0 fully saturated rings. The first-order valence-electron chi connectivity index (χ1n) is 5.38. The second-order valence-corrected chi connectivity index (χ2v) is 3.62. The van der Waals surface area contributed by atoms with Crippen molar-refractivity contribution < 1.29 is 9.53 Å². The van der Waals surface area contributed by atoms with Gasteiger partial charge in [0.25, 0.3) is 0 Å². The van der Waals surface area contributed by atoms with E-state index in [4.69, 9.17) is 10.5 Å². The molecule has 0 heterocycles. The minimum atomic E-state index is -0.448. The van der Waals surface area contributed by atoms with Gasteiger partial charge in [-0.1, -0.05) is 19.4 Å². The van der Waals surface area contributed by atoms with Crippen LogP contribution >= 0.6 is 0 Å². The Morgan fingerprint density at radius 2 is 2.31 bits per heavy atom. The predicted octanol–water partition coefficient (Wildman–Crippen LogP) is 1.76. The van der Waals surface area contributed by atoms with Gasteiger partial charge in [-0.15, -0.1) is 0 Å². The highest BCUT2D eigenvalue weighted by Gasteiger charge is 2.12. The van der Waals surface area contributed by atoms with Crippen LogP contribution in [0.1, 0.15) is 19.8 Å². The van der Waals surface area contributed by atoms with E-state index >= 15 is 0 Å². The molecule has 4 nitrogen and oxygen atoms in total. The number of benzene rings is 1. The predicted molar refractivity (Wildman–Crippen MR) is 64.5 cm³/mol. The summed E-state index contributed by atoms with van der Waals surface area (Å²) in [5.41, 5.74) is 6.41. The van der Waals surface area contributed by atoms with Gasteiger partial charge < -0.3 is 15.8 Å². The number of carbonyl (C=O) groups is 1. The Bertz CT molecular complexity index is 353. The molecule has 1 atom stereocenters. The van der Waals surface area contributed by atoms with Crippen molar-refractivity contribution in [2.75, 3.05) is 12.4 Å². The second kappa shape index (κ2) is 6.12. The van der Waals surface area contributed by atoms with Crippen molar-refractivity contribution in [3.05, 3.63) is 24.3 Å². The zero-order valence-electron chi connectivity index (χ0n) is 9.69. The Morgan fingerprint density at radius 1 is 1.56 bits per heavy atom. The van der Waals surface area contributed by atoms with Crippen LogP contribution in [0.2, 0.25) is 0 Å². The number of carbonyl (C=O) groups excluding carboxylic acids is 1. The van der Waals surface area contributed by atoms with Gasteiger partial charge in [-0.25, -0.2) is 0 Å². The fraction of sp³-hybridized carbons (Fsp3) is 0.417. The molecule has 0 unspecified atom stereocenters. The molecule has 4 heteroatoms. The lowest BCUT2D eigenvalue weighted by atomic mass is 10.1. The van der Waals surface area contributed by atoms with Crippen LogP contribution in [-0.2, 0) is 4.79 Å². The van der Waals surface area contributed by atoms with E-state index < -0.39 is 6.04 Å². The summed E-state index contributed by atoms with van der Waals surface area (Å²) >= 11 is 0. The highest BCUT2D eigenvalue weighted by Crippen LogP contribution is 2.16. The summed E-state index contributed by atoms with van der Waals surface area (Å²) in [4.78, 5) is 11.6. The molecule has 0 aliphatic rings. The summed E-state index contributed by atoms with van der Waals surface area (Å²) in [7, 11) is 1.59. The lowest BCUT2D eigenvalue weighted by molar-refractivity contribution is -0.117. The summed E-state index contributed by atoms with van der Waals surface area (Å²) < 4.78 is 5.06. The number of methoxy groups -OCH3 is 1. The molecule has 0 aliphatic carbocycles. The van der Waals surface area contributed by atoms with Crippen LogP contribution in [0.3, 0.4) is 0 Å². The van der Waals surface area contributed by atoms with Gasteiger partial charge in [-0.2, -0.15) is 0 Å². The van der Waals surface area contributed by atoms with Gasteiger partial charge in [0.05, 0.1) is 13.2 Å². The lowest BCUT2D eigenvalue weighted by Crippen LogP contribution is -2.35. The van der Waals surface area contributed by atoms with Gasteiger partial charge in [0.15, 0.2) is 0 Å². The maximum absolute atomic E-state index is 11.6. The second-order valence-electron chi connectivity index (χ2n) is 3.62. The quantitative estimate of drug-likeness (QED) is 0.798. The Morgan fingerprint density at radius 3 is 2.94 bits per heavy atom. The SMILES string of the molecule is CCC[C@@H](N)C(=O)Nc1cccc(OC)c1. The highest BCUT2D eigenvalue weighted by molar-refractivity contribution is 5.94. The molecular formula is C12H18N2O2. The van der Waals surface area contributed by atoms with Crippen LogP contribution in [0.15, 0.2) is 24.3 Å². The van der Waals surface area contributed by atoms with E-state index in [9.17, 15) is 4.79 Å². The van der Waals surface area contributed by atoms with Gasteiger partial charge in [0, 0.05) is 11.8 Å². The fourth-order valence-electron chi connectivity index (χ4n) is 1.38. The fourth-order valence-corrected chi connectivity index (χ4v) is 1.38. The molecule has 1 aromatic carbocycles. The molecule has 3 N–H and O–H groups in total. The maximum atomic E-state index is 11.6. The van der Waals surface area contributed by atoms with E-state index in [2.05, 4.69) is 5.32 Å². The first kappa shape index (κ1) is 12.5. The molecule has 0 aliphatic heterocycles. The normalized spacial score (nSPS) is 11.9. The van der Waals surface area contributed by atoms with Gasteiger partial charge >= 0.3 is 0 Å². The smallest absolute Gasteiger partial charge is 0.241 e. The van der Waals surface area contributed by atoms with Crippen LogP contribution < -0.4 is 15.8 Å². The third-order valence-corrected chi connectivity index (χ3v) is 2.27. The molecule has 0 saturated carbocycles. The van der Waals surface area contributed by atoms with Crippen LogP contribution in [0, 0.1) is 0 Å². The van der Waals surface area contributed by atoms with E-state index in [1.54, 1.807) is 19.2 Å². The summed E-state index contributed by atoms with van der Waals surface area (Å²) in [6.45, 7) is 2.00. The Balaban J connectivity index is 2.61. The average Bonchev–Trinajstić information content (AvgIpc) is 2.29. The minimum Gasteiger partial charge on any atom is -0.497 e. The molecule has 0 spiro atoms. The summed E-state index contributed by atoms with van der Waals surface area (Å²) in [5, 5.41) is 2.76. The van der Waals surface area contributed by atoms with Crippen molar-refractivity contribution in [3.8, 4) is 5.75 Å². The van der Waals surface area contributed by atoms with Gasteiger partial charge in [0.2, 0.25) is 5.91 Å². The Labute approximate surface area is 95.8 Å². The number of amides is 1. The monoisotopic (exact) mass is 222 g/mol. The highest BCUT2D eigenvalue weighted by atomic mass is 16.5. The minimum absolute atomic E-state index is 0.157. The number of ether oxygens (including phenoxy) is 1. The topological polar surface area (TPSA) is 64.4 Å². The van der Waals surface area contributed by atoms with Crippen LogP contribution in [0.25, 0.3) is 0 Å². The molecule has 0 radical (unpaired) electrons. The third-order valence-electron chi connectivity index (χ3n) is 2.27. The Kier molecular flexibility index (Phi) is 4.79. The summed E-state index contributed by atoms with van der Waals surface area (Å²) in [5.74, 6) is 0.553. The summed E-state index contributed by atoms with van der Waals surface area (Å²) in [6, 6.07) is 6.76. The zero-order chi connectivity index (χ0) is 12.0. The number of rotatable bonds is 5. The first-order chi connectivity index (χ1) is 7.67. The van der Waals surface area contributed by atoms with Crippen LogP contribution in [0.5, 0.6) is 5.75 Å². The van der Waals surface area contributed by atoms with E-state index in [-0.39, 0.29) is 5.91 Å². The third kappa shape index (κ3) is 3.55. The van der Waals surface area contributed by atoms with Crippen LogP contribution in [0.4, 0.5) is 5.69 Å². The van der Waals surface area contributed by atoms with Gasteiger partial charge in [-0.3, -0.25) is 4.79 Å². The number of nitrogens with two attached hydrogens (primary N) is 1. The maximum Gasteiger partial charge on any atom is 0.241 e. The number of anilines is 1. The first-order valence-corrected chi connectivity index (χ1v) is 5.38. The number of hydrogen-bond acceptors (Lipinski definition) is 3. The standard InChI is InChI=1S/C12H18N2O2/c1-3-5-11(13)12(15)14-9-6-4-7-10(8-9)16-2/h4,6-8,11H,3,5,13H2,1-2H3,(H,14,15)/t11-/m1/s1. The van der Waals surface area contributed by atoms with E-state index in [0.29, 0.717) is 17.9 Å². The van der Waals surface area contributed by atoms with Crippen molar-refractivity contribution in [2.24, 2.45) is 5.73 Å². The van der Waals surface area contributed by atoms with Crippen molar-refractivity contribution >= 4 is 11.6 Å². The van der Waals surface area contributed by atoms with E-state index in [0.717, 1.165) is 6.42 Å². The lowest BCUT2D eigenvalue weighted by Gasteiger charge is -2.11.